The van der Waals surface area contributed by atoms with Crippen molar-refractivity contribution in [3.05, 3.63) is 51.2 Å². The number of benzene rings is 1. The predicted molar refractivity (Wildman–Crippen MR) is 72.3 cm³/mol. The highest BCUT2D eigenvalue weighted by Gasteiger charge is 2.01. The normalized spacial score (nSPS) is 9.94. The van der Waals surface area contributed by atoms with E-state index in [-0.39, 0.29) is 0 Å². The molecule has 0 bridgehead atoms. The minimum absolute atomic E-state index is 0.708. The van der Waals surface area contributed by atoms with Gasteiger partial charge in [0.05, 0.1) is 11.6 Å². The molecule has 0 aliphatic carbocycles. The molecule has 0 radical (unpaired) electrons. The second kappa shape index (κ2) is 5.03. The van der Waals surface area contributed by atoms with E-state index >= 15 is 0 Å². The molecular formula is C14H14N2S. The van der Waals surface area contributed by atoms with Gasteiger partial charge < -0.3 is 5.32 Å². The third-order valence-electron chi connectivity index (χ3n) is 2.60. The first-order valence-corrected chi connectivity index (χ1v) is 6.30. The van der Waals surface area contributed by atoms with Crippen LogP contribution in [0.25, 0.3) is 0 Å². The minimum Gasteiger partial charge on any atom is -0.380 e. The lowest BCUT2D eigenvalue weighted by Crippen LogP contribution is -1.99. The second-order valence-corrected chi connectivity index (χ2v) is 5.38. The molecule has 0 aliphatic rings. The molecule has 0 spiro atoms. The van der Waals surface area contributed by atoms with E-state index in [2.05, 4.69) is 30.4 Å². The number of aryl methyl sites for hydroxylation is 2. The summed E-state index contributed by atoms with van der Waals surface area (Å²) in [5.41, 5.74) is 2.91. The third-order valence-corrected chi connectivity index (χ3v) is 3.61. The first-order valence-electron chi connectivity index (χ1n) is 5.49. The summed E-state index contributed by atoms with van der Waals surface area (Å²) in [6.07, 6.45) is 0. The van der Waals surface area contributed by atoms with Crippen molar-refractivity contribution < 1.29 is 0 Å². The van der Waals surface area contributed by atoms with Gasteiger partial charge in [0.25, 0.3) is 0 Å². The van der Waals surface area contributed by atoms with Gasteiger partial charge in [0.15, 0.2) is 0 Å². The fraction of sp³-hybridized carbons (Fsp3) is 0.214. The number of nitriles is 1. The zero-order chi connectivity index (χ0) is 12.3. The van der Waals surface area contributed by atoms with E-state index in [1.165, 1.54) is 9.75 Å². The number of nitrogens with one attached hydrogen (secondary N) is 1. The van der Waals surface area contributed by atoms with E-state index < -0.39 is 0 Å². The largest absolute Gasteiger partial charge is 0.380 e. The van der Waals surface area contributed by atoms with Gasteiger partial charge in [0.2, 0.25) is 0 Å². The SMILES string of the molecule is Cc1ccc(CNc2ccc(C#N)cc2C)s1. The highest BCUT2D eigenvalue weighted by Crippen LogP contribution is 2.20. The predicted octanol–water partition coefficient (Wildman–Crippen LogP) is 3.85. The summed E-state index contributed by atoms with van der Waals surface area (Å²) >= 11 is 1.81. The molecule has 2 aromatic rings. The molecule has 1 N–H and O–H groups in total. The van der Waals surface area contributed by atoms with Crippen molar-refractivity contribution in [3.63, 3.8) is 0 Å². The molecule has 0 saturated carbocycles. The Morgan fingerprint density at radius 2 is 2.06 bits per heavy atom. The first kappa shape index (κ1) is 11.7. The van der Waals surface area contributed by atoms with Gasteiger partial charge in [-0.1, -0.05) is 0 Å². The van der Waals surface area contributed by atoms with Crippen molar-refractivity contribution in [1.29, 1.82) is 5.26 Å². The molecule has 86 valence electrons. The Morgan fingerprint density at radius 1 is 1.24 bits per heavy atom. The molecule has 0 fully saturated rings. The smallest absolute Gasteiger partial charge is 0.0991 e. The molecule has 2 rings (SSSR count). The number of hydrogen-bond donors (Lipinski definition) is 1. The van der Waals surface area contributed by atoms with Crippen LogP contribution >= 0.6 is 11.3 Å². The molecule has 3 heteroatoms. The van der Waals surface area contributed by atoms with Gasteiger partial charge in [0, 0.05) is 22.0 Å². The van der Waals surface area contributed by atoms with Gasteiger partial charge in [-0.15, -0.1) is 11.3 Å². The van der Waals surface area contributed by atoms with Crippen LogP contribution in [0.5, 0.6) is 0 Å². The average molecular weight is 242 g/mol. The van der Waals surface area contributed by atoms with Crippen LogP contribution in [-0.4, -0.2) is 0 Å². The fourth-order valence-corrected chi connectivity index (χ4v) is 2.52. The Bertz CT molecular complexity index is 564. The van der Waals surface area contributed by atoms with Crippen molar-refractivity contribution in [2.45, 2.75) is 20.4 Å². The Morgan fingerprint density at radius 3 is 2.65 bits per heavy atom. The van der Waals surface area contributed by atoms with Crippen LogP contribution in [-0.2, 0) is 6.54 Å². The van der Waals surface area contributed by atoms with Gasteiger partial charge in [-0.2, -0.15) is 5.26 Å². The maximum atomic E-state index is 8.79. The average Bonchev–Trinajstić information content (AvgIpc) is 2.73. The van der Waals surface area contributed by atoms with Crippen molar-refractivity contribution >= 4 is 17.0 Å². The Labute approximate surface area is 106 Å². The van der Waals surface area contributed by atoms with E-state index in [0.29, 0.717) is 5.56 Å². The van der Waals surface area contributed by atoms with Crippen molar-refractivity contribution in [3.8, 4) is 6.07 Å². The maximum absolute atomic E-state index is 8.79. The Balaban J connectivity index is 2.07. The lowest BCUT2D eigenvalue weighted by atomic mass is 10.1. The number of anilines is 1. The summed E-state index contributed by atoms with van der Waals surface area (Å²) < 4.78 is 0. The monoisotopic (exact) mass is 242 g/mol. The van der Waals surface area contributed by atoms with Gasteiger partial charge >= 0.3 is 0 Å². The lowest BCUT2D eigenvalue weighted by molar-refractivity contribution is 1.18. The van der Waals surface area contributed by atoms with E-state index in [1.54, 1.807) is 11.3 Å². The first-order chi connectivity index (χ1) is 8.19. The van der Waals surface area contributed by atoms with Crippen LogP contribution in [0.15, 0.2) is 30.3 Å². The zero-order valence-corrected chi connectivity index (χ0v) is 10.8. The molecule has 0 atom stereocenters. The maximum Gasteiger partial charge on any atom is 0.0991 e. The number of rotatable bonds is 3. The number of nitrogens with zero attached hydrogens (tertiary/aromatic N) is 1. The van der Waals surface area contributed by atoms with Gasteiger partial charge in [-0.05, 0) is 49.7 Å². The zero-order valence-electron chi connectivity index (χ0n) is 9.95. The van der Waals surface area contributed by atoms with E-state index in [4.69, 9.17) is 5.26 Å². The fourth-order valence-electron chi connectivity index (χ4n) is 1.69. The van der Waals surface area contributed by atoms with Crippen LogP contribution in [0.1, 0.15) is 20.9 Å². The second-order valence-electron chi connectivity index (χ2n) is 4.01. The molecule has 1 aromatic heterocycles. The highest BCUT2D eigenvalue weighted by molar-refractivity contribution is 7.11. The van der Waals surface area contributed by atoms with Crippen molar-refractivity contribution in [2.24, 2.45) is 0 Å². The molecule has 0 amide bonds. The quantitative estimate of drug-likeness (QED) is 0.887. The Kier molecular flexibility index (Phi) is 3.46. The van der Waals surface area contributed by atoms with Gasteiger partial charge in [-0.25, -0.2) is 0 Å². The van der Waals surface area contributed by atoms with Crippen LogP contribution in [0.4, 0.5) is 5.69 Å². The topological polar surface area (TPSA) is 35.8 Å². The van der Waals surface area contributed by atoms with Crippen LogP contribution in [0, 0.1) is 25.2 Å². The highest BCUT2D eigenvalue weighted by atomic mass is 32.1. The summed E-state index contributed by atoms with van der Waals surface area (Å²) in [6.45, 7) is 4.97. The summed E-state index contributed by atoms with van der Waals surface area (Å²) in [6, 6.07) is 12.1. The molecular weight excluding hydrogens is 228 g/mol. The molecule has 1 heterocycles. The van der Waals surface area contributed by atoms with E-state index in [0.717, 1.165) is 17.8 Å². The summed E-state index contributed by atoms with van der Waals surface area (Å²) in [7, 11) is 0. The standard InChI is InChI=1S/C14H14N2S/c1-10-7-12(8-15)4-6-14(10)16-9-13-5-3-11(2)17-13/h3-7,16H,9H2,1-2H3. The summed E-state index contributed by atoms with van der Waals surface area (Å²) in [5, 5.41) is 12.2. The third kappa shape index (κ3) is 2.86. The Hall–Kier alpha value is -1.79. The molecule has 2 nitrogen and oxygen atoms in total. The van der Waals surface area contributed by atoms with Crippen molar-refractivity contribution in [1.82, 2.24) is 0 Å². The summed E-state index contributed by atoms with van der Waals surface area (Å²) in [4.78, 5) is 2.66. The lowest BCUT2D eigenvalue weighted by Gasteiger charge is -2.08. The number of hydrogen-bond acceptors (Lipinski definition) is 3. The molecule has 0 saturated heterocycles. The van der Waals surface area contributed by atoms with Crippen LogP contribution < -0.4 is 5.32 Å². The van der Waals surface area contributed by atoms with Crippen molar-refractivity contribution in [2.75, 3.05) is 5.32 Å². The molecule has 1 aromatic carbocycles. The number of thiophene rings is 1. The van der Waals surface area contributed by atoms with E-state index in [9.17, 15) is 0 Å². The summed E-state index contributed by atoms with van der Waals surface area (Å²) in [5.74, 6) is 0. The van der Waals surface area contributed by atoms with Gasteiger partial charge in [0.1, 0.15) is 0 Å². The molecule has 0 unspecified atom stereocenters. The van der Waals surface area contributed by atoms with Crippen LogP contribution in [0.2, 0.25) is 0 Å². The minimum atomic E-state index is 0.708. The van der Waals surface area contributed by atoms with Crippen LogP contribution in [0.3, 0.4) is 0 Å². The molecule has 0 aliphatic heterocycles. The van der Waals surface area contributed by atoms with E-state index in [1.807, 2.05) is 25.1 Å². The van der Waals surface area contributed by atoms with Gasteiger partial charge in [-0.3, -0.25) is 0 Å². The molecule has 17 heavy (non-hydrogen) atoms.